The Morgan fingerprint density at radius 3 is 2.21 bits per heavy atom. The zero-order valence-electron chi connectivity index (χ0n) is 24.8. The van der Waals surface area contributed by atoms with Gasteiger partial charge in [-0.25, -0.2) is 4.79 Å². The first kappa shape index (κ1) is 33.3. The van der Waals surface area contributed by atoms with Gasteiger partial charge in [-0.2, -0.15) is 0 Å². The summed E-state index contributed by atoms with van der Waals surface area (Å²) >= 11 is 1.14. The van der Waals surface area contributed by atoms with Gasteiger partial charge in [-0.15, -0.1) is 0 Å². The van der Waals surface area contributed by atoms with Crippen LogP contribution in [0, 0.1) is 10.1 Å². The molecule has 10 nitrogen and oxygen atoms in total. The fourth-order valence-electron chi connectivity index (χ4n) is 4.45. The highest BCUT2D eigenvalue weighted by Crippen LogP contribution is 2.31. The fraction of sp³-hybridized carbons (Fsp3) is 0.344. The summed E-state index contributed by atoms with van der Waals surface area (Å²) in [5, 5.41) is 17.7. The van der Waals surface area contributed by atoms with Crippen molar-refractivity contribution in [2.75, 3.05) is 46.0 Å². The van der Waals surface area contributed by atoms with Gasteiger partial charge in [0.25, 0.3) is 5.69 Å². The van der Waals surface area contributed by atoms with Crippen LogP contribution in [0.25, 0.3) is 11.1 Å². The van der Waals surface area contributed by atoms with Crippen LogP contribution in [0.15, 0.2) is 78.9 Å². The molecule has 0 aliphatic carbocycles. The van der Waals surface area contributed by atoms with E-state index in [4.69, 9.17) is 0 Å². The zero-order valence-corrected chi connectivity index (χ0v) is 25.6. The van der Waals surface area contributed by atoms with Crippen molar-refractivity contribution in [1.82, 2.24) is 20.4 Å². The molecule has 0 aliphatic heterocycles. The van der Waals surface area contributed by atoms with Gasteiger partial charge in [-0.3, -0.25) is 19.7 Å². The Morgan fingerprint density at radius 1 is 0.907 bits per heavy atom. The number of nitro groups is 1. The second-order valence-corrected chi connectivity index (χ2v) is 11.6. The maximum atomic E-state index is 13.6. The molecule has 11 heteroatoms. The quantitative estimate of drug-likeness (QED) is 0.195. The van der Waals surface area contributed by atoms with E-state index >= 15 is 0 Å². The number of nitrogens with zero attached hydrogens (tertiary/aromatic N) is 3. The number of amides is 3. The summed E-state index contributed by atoms with van der Waals surface area (Å²) in [5.41, 5.74) is 2.71. The summed E-state index contributed by atoms with van der Waals surface area (Å²) in [6.07, 6.45) is 0.663. The maximum absolute atomic E-state index is 13.6. The molecule has 43 heavy (non-hydrogen) atoms. The van der Waals surface area contributed by atoms with E-state index < -0.39 is 17.0 Å². The number of thioether (sulfide) groups is 1. The lowest BCUT2D eigenvalue weighted by Crippen LogP contribution is -2.53. The molecule has 0 spiro atoms. The second kappa shape index (κ2) is 17.0. The van der Waals surface area contributed by atoms with E-state index in [9.17, 15) is 24.5 Å². The smallest absolute Gasteiger partial charge is 0.318 e. The molecular weight excluding hydrogens is 566 g/mol. The van der Waals surface area contributed by atoms with Gasteiger partial charge in [0.15, 0.2) is 5.12 Å². The topological polar surface area (TPSA) is 125 Å². The molecular formula is C32H39N5O5S. The molecule has 0 aromatic heterocycles. The van der Waals surface area contributed by atoms with E-state index in [1.165, 1.54) is 13.0 Å². The van der Waals surface area contributed by atoms with Gasteiger partial charge in [0.2, 0.25) is 5.91 Å². The van der Waals surface area contributed by atoms with Crippen LogP contribution in [0.5, 0.6) is 0 Å². The number of carbonyl (C=O) groups excluding carboxylic acids is 3. The van der Waals surface area contributed by atoms with Crippen LogP contribution in [0.1, 0.15) is 18.1 Å². The van der Waals surface area contributed by atoms with Crippen molar-refractivity contribution in [1.29, 1.82) is 0 Å². The molecule has 0 radical (unpaired) electrons. The molecule has 1 atom stereocenters. The average molecular weight is 606 g/mol. The largest absolute Gasteiger partial charge is 0.353 e. The lowest BCUT2D eigenvalue weighted by Gasteiger charge is -2.26. The number of nitro benzene ring substituents is 1. The van der Waals surface area contributed by atoms with Crippen LogP contribution in [-0.4, -0.2) is 83.8 Å². The minimum atomic E-state index is -0.975. The Kier molecular flexibility index (Phi) is 13.2. The zero-order chi connectivity index (χ0) is 31.2. The van der Waals surface area contributed by atoms with Gasteiger partial charge in [0.05, 0.1) is 10.5 Å². The summed E-state index contributed by atoms with van der Waals surface area (Å²) in [5.74, 6) is 0.0378. The highest BCUT2D eigenvalue weighted by Gasteiger charge is 2.26. The van der Waals surface area contributed by atoms with Crippen molar-refractivity contribution >= 4 is 34.5 Å². The first-order chi connectivity index (χ1) is 20.6. The van der Waals surface area contributed by atoms with E-state index in [1.54, 1.807) is 29.2 Å². The lowest BCUT2D eigenvalue weighted by atomic mass is 9.98. The van der Waals surface area contributed by atoms with E-state index in [2.05, 4.69) is 10.6 Å². The SMILES string of the molecule is CC(=O)SCCN(CCc1ccccc1)C(=O)N[C@@H](Cc1ccc(-c2ccccc2)c([N+](=O)[O-])c1)C(=O)NCCN(C)C. The monoisotopic (exact) mass is 605 g/mol. The number of rotatable bonds is 15. The molecule has 0 saturated heterocycles. The molecule has 2 N–H and O–H groups in total. The van der Waals surface area contributed by atoms with Crippen molar-refractivity contribution < 1.29 is 19.3 Å². The van der Waals surface area contributed by atoms with Crippen LogP contribution >= 0.6 is 11.8 Å². The third-order valence-corrected chi connectivity index (χ3v) is 7.52. The highest BCUT2D eigenvalue weighted by molar-refractivity contribution is 8.13. The Balaban J connectivity index is 1.83. The minimum Gasteiger partial charge on any atom is -0.353 e. The first-order valence-electron chi connectivity index (χ1n) is 14.1. The molecule has 0 fully saturated rings. The number of hydrogen-bond acceptors (Lipinski definition) is 7. The third-order valence-electron chi connectivity index (χ3n) is 6.72. The standard InChI is InChI=1S/C32H39N5O5S/c1-24(38)43-21-20-36(18-16-25-10-6-4-7-11-25)32(40)34-29(31(39)33-17-19-35(2)3)22-26-14-15-28(30(23-26)37(41)42)27-12-8-5-9-13-27/h4-15,23,29H,16-22H2,1-3H3,(H,33,39)(H,34,40)/t29-/m0/s1. The maximum Gasteiger partial charge on any atom is 0.318 e. The van der Waals surface area contributed by atoms with E-state index in [0.717, 1.165) is 17.3 Å². The van der Waals surface area contributed by atoms with Gasteiger partial charge in [-0.1, -0.05) is 78.5 Å². The summed E-state index contributed by atoms with van der Waals surface area (Å²) < 4.78 is 0. The van der Waals surface area contributed by atoms with Crippen molar-refractivity contribution in [3.05, 3.63) is 100 Å². The van der Waals surface area contributed by atoms with E-state index in [1.807, 2.05) is 67.5 Å². The molecule has 0 heterocycles. The summed E-state index contributed by atoms with van der Waals surface area (Å²) in [7, 11) is 3.78. The van der Waals surface area contributed by atoms with Crippen LogP contribution in [0.3, 0.4) is 0 Å². The molecule has 0 saturated carbocycles. The Hall–Kier alpha value is -4.22. The minimum absolute atomic E-state index is 0.0397. The van der Waals surface area contributed by atoms with Gasteiger partial charge in [0, 0.05) is 51.3 Å². The van der Waals surface area contributed by atoms with Crippen LogP contribution in [0.2, 0.25) is 0 Å². The highest BCUT2D eigenvalue weighted by atomic mass is 32.2. The molecule has 0 aliphatic rings. The van der Waals surface area contributed by atoms with E-state index in [-0.39, 0.29) is 23.1 Å². The van der Waals surface area contributed by atoms with E-state index in [0.29, 0.717) is 55.0 Å². The van der Waals surface area contributed by atoms with Crippen molar-refractivity contribution in [3.8, 4) is 11.1 Å². The molecule has 0 unspecified atom stereocenters. The number of carbonyl (C=O) groups is 3. The predicted molar refractivity (Wildman–Crippen MR) is 171 cm³/mol. The molecule has 3 rings (SSSR count). The number of urea groups is 1. The predicted octanol–water partition coefficient (Wildman–Crippen LogP) is 4.38. The van der Waals surface area contributed by atoms with Gasteiger partial charge in [0.1, 0.15) is 6.04 Å². The van der Waals surface area contributed by atoms with Gasteiger partial charge in [-0.05, 0) is 43.3 Å². The van der Waals surface area contributed by atoms with Crippen LogP contribution in [-0.2, 0) is 22.4 Å². The number of nitrogens with one attached hydrogen (secondary N) is 2. The van der Waals surface area contributed by atoms with Crippen molar-refractivity contribution in [2.24, 2.45) is 0 Å². The van der Waals surface area contributed by atoms with Gasteiger partial charge < -0.3 is 20.4 Å². The van der Waals surface area contributed by atoms with Gasteiger partial charge >= 0.3 is 6.03 Å². The molecule has 3 amide bonds. The number of likely N-dealkylation sites (N-methyl/N-ethyl adjacent to an activating group) is 1. The second-order valence-electron chi connectivity index (χ2n) is 10.3. The number of benzene rings is 3. The van der Waals surface area contributed by atoms with Crippen LogP contribution < -0.4 is 10.6 Å². The third kappa shape index (κ3) is 11.2. The summed E-state index contributed by atoms with van der Waals surface area (Å²) in [6.45, 7) is 3.17. The summed E-state index contributed by atoms with van der Waals surface area (Å²) in [6, 6.07) is 22.3. The molecule has 0 bridgehead atoms. The Morgan fingerprint density at radius 2 is 1.58 bits per heavy atom. The first-order valence-corrected chi connectivity index (χ1v) is 15.1. The Labute approximate surface area is 257 Å². The molecule has 3 aromatic carbocycles. The lowest BCUT2D eigenvalue weighted by molar-refractivity contribution is -0.384. The normalized spacial score (nSPS) is 11.5. The molecule has 3 aromatic rings. The summed E-state index contributed by atoms with van der Waals surface area (Å²) in [4.78, 5) is 53.5. The van der Waals surface area contributed by atoms with Crippen molar-refractivity contribution in [3.63, 3.8) is 0 Å². The number of hydrogen-bond donors (Lipinski definition) is 2. The fourth-order valence-corrected chi connectivity index (χ4v) is 5.05. The van der Waals surface area contributed by atoms with Crippen molar-refractivity contribution in [2.45, 2.75) is 25.8 Å². The molecule has 228 valence electrons. The Bertz CT molecular complexity index is 1370. The van der Waals surface area contributed by atoms with Crippen LogP contribution in [0.4, 0.5) is 10.5 Å². The average Bonchev–Trinajstić information content (AvgIpc) is 2.99.